The molecule has 0 N–H and O–H groups in total. The van der Waals surface area contributed by atoms with Crippen LogP contribution in [0, 0.1) is 5.82 Å². The van der Waals surface area contributed by atoms with E-state index < -0.39 is 0 Å². The average Bonchev–Trinajstić information content (AvgIpc) is 3.30. The number of furan rings is 1. The highest BCUT2D eigenvalue weighted by Crippen LogP contribution is 2.16. The van der Waals surface area contributed by atoms with Gasteiger partial charge in [-0.1, -0.05) is 0 Å². The van der Waals surface area contributed by atoms with E-state index in [1.165, 1.54) is 24.3 Å². The lowest BCUT2D eigenvalue weighted by Gasteiger charge is -2.14. The van der Waals surface area contributed by atoms with Gasteiger partial charge in [-0.25, -0.2) is 4.39 Å². The Morgan fingerprint density at radius 1 is 1.23 bits per heavy atom. The third kappa shape index (κ3) is 4.30. The zero-order chi connectivity index (χ0) is 18.5. The molecule has 0 spiro atoms. The fraction of sp³-hybridized carbons (Fsp3) is 0.263. The Morgan fingerprint density at radius 2 is 2.00 bits per heavy atom. The molecule has 2 aromatic heterocycles. The van der Waals surface area contributed by atoms with Crippen LogP contribution in [0.3, 0.4) is 0 Å². The summed E-state index contributed by atoms with van der Waals surface area (Å²) < 4.78 is 25.8. The van der Waals surface area contributed by atoms with Crippen molar-refractivity contribution in [2.75, 3.05) is 7.05 Å². The Labute approximate surface area is 150 Å². The summed E-state index contributed by atoms with van der Waals surface area (Å²) in [5.41, 5.74) is 0.814. The molecule has 0 unspecified atom stereocenters. The molecule has 136 valence electrons. The molecule has 7 heteroatoms. The fourth-order valence-corrected chi connectivity index (χ4v) is 2.42. The van der Waals surface area contributed by atoms with Crippen molar-refractivity contribution in [3.8, 4) is 5.75 Å². The maximum atomic E-state index is 12.9. The second kappa shape index (κ2) is 7.86. The minimum Gasteiger partial charge on any atom is -0.486 e. The van der Waals surface area contributed by atoms with Crippen LogP contribution in [0.4, 0.5) is 4.39 Å². The molecule has 26 heavy (non-hydrogen) atoms. The lowest BCUT2D eigenvalue weighted by molar-refractivity contribution is 0.0747. The first-order valence-corrected chi connectivity index (χ1v) is 8.30. The molecule has 1 aromatic carbocycles. The van der Waals surface area contributed by atoms with E-state index in [0.717, 1.165) is 12.2 Å². The topological polar surface area (TPSA) is 60.5 Å². The molecule has 3 aromatic rings. The van der Waals surface area contributed by atoms with Crippen molar-refractivity contribution in [3.05, 3.63) is 71.7 Å². The molecule has 1 amide bonds. The Bertz CT molecular complexity index is 870. The predicted octanol–water partition coefficient (Wildman–Crippen LogP) is 3.49. The zero-order valence-corrected chi connectivity index (χ0v) is 14.7. The number of hydrogen-bond donors (Lipinski definition) is 0. The van der Waals surface area contributed by atoms with E-state index in [1.807, 2.05) is 23.9 Å². The first-order chi connectivity index (χ1) is 12.5. The minimum absolute atomic E-state index is 0.156. The number of nitrogens with zero attached hydrogens (tertiary/aromatic N) is 3. The van der Waals surface area contributed by atoms with Gasteiger partial charge in [-0.2, -0.15) is 5.10 Å². The molecule has 0 radical (unpaired) electrons. The molecular formula is C19H20FN3O3. The fourth-order valence-electron chi connectivity index (χ4n) is 2.42. The summed E-state index contributed by atoms with van der Waals surface area (Å²) in [6, 6.07) is 10.9. The van der Waals surface area contributed by atoms with Crippen molar-refractivity contribution in [1.29, 1.82) is 0 Å². The number of halogens is 1. The van der Waals surface area contributed by atoms with Crippen molar-refractivity contribution < 1.29 is 18.3 Å². The molecule has 0 fully saturated rings. The van der Waals surface area contributed by atoms with E-state index in [1.54, 1.807) is 24.1 Å². The number of benzene rings is 1. The summed E-state index contributed by atoms with van der Waals surface area (Å²) >= 11 is 0. The highest BCUT2D eigenvalue weighted by molar-refractivity contribution is 5.91. The van der Waals surface area contributed by atoms with E-state index in [4.69, 9.17) is 9.15 Å². The van der Waals surface area contributed by atoms with Gasteiger partial charge >= 0.3 is 0 Å². The van der Waals surface area contributed by atoms with Crippen LogP contribution in [0.5, 0.6) is 5.75 Å². The monoisotopic (exact) mass is 357 g/mol. The first-order valence-electron chi connectivity index (χ1n) is 8.30. The molecule has 0 saturated carbocycles. The van der Waals surface area contributed by atoms with E-state index in [-0.39, 0.29) is 24.1 Å². The maximum Gasteiger partial charge on any atom is 0.289 e. The third-order valence-corrected chi connectivity index (χ3v) is 3.83. The number of amides is 1. The molecule has 0 aliphatic rings. The highest BCUT2D eigenvalue weighted by atomic mass is 19.1. The number of aryl methyl sites for hydroxylation is 1. The maximum absolute atomic E-state index is 12.9. The summed E-state index contributed by atoms with van der Waals surface area (Å²) in [5.74, 6) is 0.722. The first kappa shape index (κ1) is 17.7. The van der Waals surface area contributed by atoms with Crippen LogP contribution < -0.4 is 4.74 Å². The Balaban J connectivity index is 1.57. The van der Waals surface area contributed by atoms with Crippen LogP contribution in [0.1, 0.15) is 28.9 Å². The Morgan fingerprint density at radius 3 is 2.69 bits per heavy atom. The van der Waals surface area contributed by atoms with E-state index in [0.29, 0.717) is 18.1 Å². The second-order valence-electron chi connectivity index (χ2n) is 5.83. The molecule has 3 rings (SSSR count). The van der Waals surface area contributed by atoms with Gasteiger partial charge in [0.15, 0.2) is 5.76 Å². The smallest absolute Gasteiger partial charge is 0.289 e. The number of hydrogen-bond acceptors (Lipinski definition) is 4. The third-order valence-electron chi connectivity index (χ3n) is 3.83. The van der Waals surface area contributed by atoms with Crippen molar-refractivity contribution >= 4 is 5.91 Å². The van der Waals surface area contributed by atoms with E-state index in [9.17, 15) is 9.18 Å². The summed E-state index contributed by atoms with van der Waals surface area (Å²) in [6.45, 7) is 3.34. The second-order valence-corrected chi connectivity index (χ2v) is 5.83. The quantitative estimate of drug-likeness (QED) is 0.649. The largest absolute Gasteiger partial charge is 0.486 e. The lowest BCUT2D eigenvalue weighted by atomic mass is 10.3. The predicted molar refractivity (Wildman–Crippen MR) is 93.1 cm³/mol. The molecule has 6 nitrogen and oxygen atoms in total. The zero-order valence-electron chi connectivity index (χ0n) is 14.7. The summed E-state index contributed by atoms with van der Waals surface area (Å²) in [4.78, 5) is 14.0. The van der Waals surface area contributed by atoms with Gasteiger partial charge in [-0.05, 0) is 49.4 Å². The normalized spacial score (nSPS) is 10.7. The Hall–Kier alpha value is -3.09. The number of carbonyl (C=O) groups is 1. The van der Waals surface area contributed by atoms with Crippen LogP contribution in [-0.2, 0) is 19.7 Å². The van der Waals surface area contributed by atoms with Crippen LogP contribution >= 0.6 is 0 Å². The van der Waals surface area contributed by atoms with Crippen LogP contribution in [0.2, 0.25) is 0 Å². The van der Waals surface area contributed by atoms with Crippen molar-refractivity contribution in [1.82, 2.24) is 14.7 Å². The highest BCUT2D eigenvalue weighted by Gasteiger charge is 2.17. The van der Waals surface area contributed by atoms with Crippen LogP contribution in [0.15, 0.2) is 53.1 Å². The van der Waals surface area contributed by atoms with E-state index >= 15 is 0 Å². The Kier molecular flexibility index (Phi) is 5.36. The summed E-state index contributed by atoms with van der Waals surface area (Å²) in [7, 11) is 1.70. The van der Waals surface area contributed by atoms with Crippen molar-refractivity contribution in [2.24, 2.45) is 0 Å². The van der Waals surface area contributed by atoms with Gasteiger partial charge in [-0.15, -0.1) is 0 Å². The van der Waals surface area contributed by atoms with Gasteiger partial charge in [0.1, 0.15) is 23.9 Å². The molecular weight excluding hydrogens is 337 g/mol. The minimum atomic E-state index is -0.324. The standard InChI is InChI=1S/C19H20FN3O3/c1-3-23-11-10-15(21-23)12-22(2)19(24)18-9-8-17(26-18)13-25-16-6-4-14(20)5-7-16/h4-11H,3,12-13H2,1-2H3. The van der Waals surface area contributed by atoms with Crippen molar-refractivity contribution in [3.63, 3.8) is 0 Å². The van der Waals surface area contributed by atoms with Gasteiger partial charge in [0.2, 0.25) is 0 Å². The van der Waals surface area contributed by atoms with Gasteiger partial charge in [-0.3, -0.25) is 9.48 Å². The van der Waals surface area contributed by atoms with Gasteiger partial charge in [0.05, 0.1) is 12.2 Å². The lowest BCUT2D eigenvalue weighted by Crippen LogP contribution is -2.26. The SMILES string of the molecule is CCn1ccc(CN(C)C(=O)c2ccc(COc3ccc(F)cc3)o2)n1. The summed E-state index contributed by atoms with van der Waals surface area (Å²) in [5, 5.41) is 4.36. The van der Waals surface area contributed by atoms with E-state index in [2.05, 4.69) is 5.10 Å². The average molecular weight is 357 g/mol. The molecule has 0 saturated heterocycles. The van der Waals surface area contributed by atoms with Gasteiger partial charge in [0.25, 0.3) is 5.91 Å². The number of carbonyl (C=O) groups excluding carboxylic acids is 1. The van der Waals surface area contributed by atoms with Crippen molar-refractivity contribution in [2.45, 2.75) is 26.6 Å². The number of rotatable bonds is 7. The molecule has 0 atom stereocenters. The van der Waals surface area contributed by atoms with Gasteiger partial charge < -0.3 is 14.1 Å². The molecule has 0 aliphatic carbocycles. The van der Waals surface area contributed by atoms with Gasteiger partial charge in [0, 0.05) is 19.8 Å². The molecule has 2 heterocycles. The summed E-state index contributed by atoms with van der Waals surface area (Å²) in [6.07, 6.45) is 1.88. The van der Waals surface area contributed by atoms with Crippen LogP contribution in [-0.4, -0.2) is 27.6 Å². The van der Waals surface area contributed by atoms with Crippen LogP contribution in [0.25, 0.3) is 0 Å². The molecule has 0 aliphatic heterocycles. The number of ether oxygens (including phenoxy) is 1. The molecule has 0 bridgehead atoms. The number of aromatic nitrogens is 2.